The number of aryl methyl sites for hydroxylation is 1. The Bertz CT molecular complexity index is 852. The second-order valence-electron chi connectivity index (χ2n) is 6.71. The fraction of sp³-hybridized carbons (Fsp3) is 0.421. The van der Waals surface area contributed by atoms with Crippen LogP contribution >= 0.6 is 11.3 Å². The zero-order valence-corrected chi connectivity index (χ0v) is 15.4. The van der Waals surface area contributed by atoms with E-state index in [9.17, 15) is 9.50 Å². The number of rotatable bonds is 5. The molecule has 0 amide bonds. The molecule has 2 aromatic heterocycles. The Labute approximate surface area is 155 Å². The van der Waals surface area contributed by atoms with Crippen LogP contribution in [0.2, 0.25) is 0 Å². The van der Waals surface area contributed by atoms with Gasteiger partial charge in [-0.15, -0.1) is 16.4 Å². The maximum Gasteiger partial charge on any atom is 0.210 e. The van der Waals surface area contributed by atoms with Crippen LogP contribution in [0, 0.1) is 0 Å². The van der Waals surface area contributed by atoms with Gasteiger partial charge in [0.05, 0.1) is 11.8 Å². The van der Waals surface area contributed by atoms with E-state index in [1.807, 2.05) is 17.5 Å². The predicted octanol–water partition coefficient (Wildman–Crippen LogP) is 3.92. The average molecular weight is 372 g/mol. The van der Waals surface area contributed by atoms with Gasteiger partial charge in [0.1, 0.15) is 12.0 Å². The molecule has 3 atom stereocenters. The minimum Gasteiger partial charge on any atom is -0.390 e. The van der Waals surface area contributed by atoms with Crippen molar-refractivity contribution in [2.45, 2.75) is 50.8 Å². The Hall–Kier alpha value is -2.12. The molecule has 136 valence electrons. The Morgan fingerprint density at radius 2 is 2.08 bits per heavy atom. The molecule has 1 fully saturated rings. The van der Waals surface area contributed by atoms with Gasteiger partial charge in [-0.25, -0.2) is 19.0 Å². The number of thiazole rings is 1. The molecule has 1 aliphatic rings. The van der Waals surface area contributed by atoms with E-state index in [4.69, 9.17) is 0 Å². The number of aliphatic hydroxyl groups is 1. The zero-order chi connectivity index (χ0) is 18.1. The van der Waals surface area contributed by atoms with Crippen molar-refractivity contribution in [2.75, 3.05) is 0 Å². The lowest BCUT2D eigenvalue weighted by Gasteiger charge is -2.11. The largest absolute Gasteiger partial charge is 0.390 e. The highest BCUT2D eigenvalue weighted by atomic mass is 32.1. The van der Waals surface area contributed by atoms with E-state index in [1.165, 1.54) is 16.9 Å². The van der Waals surface area contributed by atoms with Crippen molar-refractivity contribution in [3.05, 3.63) is 47.2 Å². The SMILES string of the molecule is CCCc1ccc(-n2nc(-c3nccs3)nc2C2C[C@@H](O)[C@H](F)C2)cc1. The molecule has 1 unspecified atom stereocenters. The maximum absolute atomic E-state index is 13.9. The van der Waals surface area contributed by atoms with Gasteiger partial charge in [0.15, 0.2) is 5.01 Å². The molecule has 1 aromatic carbocycles. The normalized spacial score (nSPS) is 22.8. The number of hydrogen-bond donors (Lipinski definition) is 1. The van der Waals surface area contributed by atoms with Gasteiger partial charge in [-0.3, -0.25) is 0 Å². The van der Waals surface area contributed by atoms with Crippen LogP contribution in [-0.4, -0.2) is 37.1 Å². The van der Waals surface area contributed by atoms with E-state index >= 15 is 0 Å². The van der Waals surface area contributed by atoms with E-state index in [1.54, 1.807) is 10.9 Å². The summed E-state index contributed by atoms with van der Waals surface area (Å²) < 4.78 is 15.7. The smallest absolute Gasteiger partial charge is 0.210 e. The molecule has 3 aromatic rings. The summed E-state index contributed by atoms with van der Waals surface area (Å²) in [5.74, 6) is 1.08. The van der Waals surface area contributed by atoms with Crippen molar-refractivity contribution in [2.24, 2.45) is 0 Å². The van der Waals surface area contributed by atoms with Gasteiger partial charge in [-0.05, 0) is 37.0 Å². The minimum absolute atomic E-state index is 0.156. The van der Waals surface area contributed by atoms with Crippen molar-refractivity contribution in [1.29, 1.82) is 0 Å². The second-order valence-corrected chi connectivity index (χ2v) is 7.61. The molecule has 5 nitrogen and oxygen atoms in total. The van der Waals surface area contributed by atoms with E-state index in [0.29, 0.717) is 18.1 Å². The molecular weight excluding hydrogens is 351 g/mol. The first-order valence-electron chi connectivity index (χ1n) is 8.94. The topological polar surface area (TPSA) is 63.8 Å². The fourth-order valence-electron chi connectivity index (χ4n) is 3.47. The van der Waals surface area contributed by atoms with Gasteiger partial charge in [-0.2, -0.15) is 0 Å². The standard InChI is InChI=1S/C19H21FN4OS/c1-2-3-12-4-6-14(7-5-12)24-18(13-10-15(20)16(25)11-13)22-17(23-24)19-21-8-9-26-19/h4-9,13,15-16,25H,2-3,10-11H2,1H3/t13?,15-,16-/m1/s1. The number of benzene rings is 1. The molecular formula is C19H21FN4OS. The Morgan fingerprint density at radius 3 is 2.69 bits per heavy atom. The number of alkyl halides is 1. The van der Waals surface area contributed by atoms with E-state index < -0.39 is 12.3 Å². The molecule has 0 aliphatic heterocycles. The first-order valence-corrected chi connectivity index (χ1v) is 9.82. The molecule has 26 heavy (non-hydrogen) atoms. The summed E-state index contributed by atoms with van der Waals surface area (Å²) in [5.41, 5.74) is 2.17. The lowest BCUT2D eigenvalue weighted by molar-refractivity contribution is 0.103. The van der Waals surface area contributed by atoms with Crippen LogP contribution in [0.15, 0.2) is 35.8 Å². The van der Waals surface area contributed by atoms with Crippen molar-refractivity contribution < 1.29 is 9.50 Å². The summed E-state index contributed by atoms with van der Waals surface area (Å²) >= 11 is 1.47. The van der Waals surface area contributed by atoms with Crippen LogP contribution in [0.4, 0.5) is 4.39 Å². The highest BCUT2D eigenvalue weighted by Gasteiger charge is 2.37. The molecule has 7 heteroatoms. The lowest BCUT2D eigenvalue weighted by Crippen LogP contribution is -2.12. The second kappa shape index (κ2) is 7.25. The van der Waals surface area contributed by atoms with Gasteiger partial charge >= 0.3 is 0 Å². The van der Waals surface area contributed by atoms with Crippen LogP contribution in [0.1, 0.15) is 43.5 Å². The molecule has 1 aliphatic carbocycles. The van der Waals surface area contributed by atoms with Crippen LogP contribution in [0.3, 0.4) is 0 Å². The predicted molar refractivity (Wildman–Crippen MR) is 99.3 cm³/mol. The van der Waals surface area contributed by atoms with Crippen LogP contribution < -0.4 is 0 Å². The van der Waals surface area contributed by atoms with Crippen molar-refractivity contribution in [1.82, 2.24) is 19.7 Å². The molecule has 0 spiro atoms. The summed E-state index contributed by atoms with van der Waals surface area (Å²) in [4.78, 5) is 8.95. The third-order valence-electron chi connectivity index (χ3n) is 4.79. The number of hydrogen-bond acceptors (Lipinski definition) is 5. The van der Waals surface area contributed by atoms with Gasteiger partial charge in [0.2, 0.25) is 5.82 Å². The molecule has 0 saturated heterocycles. The van der Waals surface area contributed by atoms with E-state index in [0.717, 1.165) is 23.5 Å². The quantitative estimate of drug-likeness (QED) is 0.737. The summed E-state index contributed by atoms with van der Waals surface area (Å²) in [7, 11) is 0. The number of aromatic nitrogens is 4. The summed E-state index contributed by atoms with van der Waals surface area (Å²) in [6.45, 7) is 2.16. The molecule has 1 saturated carbocycles. The Balaban J connectivity index is 1.74. The van der Waals surface area contributed by atoms with Crippen LogP contribution in [0.5, 0.6) is 0 Å². The third kappa shape index (κ3) is 3.29. The van der Waals surface area contributed by atoms with Gasteiger partial charge in [-0.1, -0.05) is 25.5 Å². The number of aliphatic hydroxyl groups excluding tert-OH is 1. The van der Waals surface area contributed by atoms with Crippen LogP contribution in [-0.2, 0) is 6.42 Å². The molecule has 4 rings (SSSR count). The molecule has 0 radical (unpaired) electrons. The average Bonchev–Trinajstić information content (AvgIpc) is 3.36. The highest BCUT2D eigenvalue weighted by molar-refractivity contribution is 7.12. The first kappa shape index (κ1) is 17.3. The fourth-order valence-corrected chi connectivity index (χ4v) is 4.03. The molecule has 1 N–H and O–H groups in total. The Morgan fingerprint density at radius 1 is 1.27 bits per heavy atom. The monoisotopic (exact) mass is 372 g/mol. The molecule has 2 heterocycles. The van der Waals surface area contributed by atoms with E-state index in [2.05, 4.69) is 34.1 Å². The van der Waals surface area contributed by atoms with Crippen LogP contribution in [0.25, 0.3) is 16.5 Å². The Kier molecular flexibility index (Phi) is 4.82. The van der Waals surface area contributed by atoms with Crippen molar-refractivity contribution in [3.63, 3.8) is 0 Å². The van der Waals surface area contributed by atoms with E-state index in [-0.39, 0.29) is 12.3 Å². The minimum atomic E-state index is -1.21. The first-order chi connectivity index (χ1) is 12.7. The number of halogens is 1. The lowest BCUT2D eigenvalue weighted by atomic mass is 10.1. The number of nitrogens with zero attached hydrogens (tertiary/aromatic N) is 4. The maximum atomic E-state index is 13.9. The van der Waals surface area contributed by atoms with Crippen molar-refractivity contribution >= 4 is 11.3 Å². The summed E-state index contributed by atoms with van der Waals surface area (Å²) in [5, 5.41) is 17.1. The highest BCUT2D eigenvalue weighted by Crippen LogP contribution is 2.37. The third-order valence-corrected chi connectivity index (χ3v) is 5.56. The van der Waals surface area contributed by atoms with Gasteiger partial charge < -0.3 is 5.11 Å². The zero-order valence-electron chi connectivity index (χ0n) is 14.5. The van der Waals surface area contributed by atoms with Gasteiger partial charge in [0.25, 0.3) is 0 Å². The van der Waals surface area contributed by atoms with Gasteiger partial charge in [0, 0.05) is 17.5 Å². The summed E-state index contributed by atoms with van der Waals surface area (Å²) in [6.07, 6.45) is 2.35. The summed E-state index contributed by atoms with van der Waals surface area (Å²) in [6, 6.07) is 8.23. The molecule has 0 bridgehead atoms. The van der Waals surface area contributed by atoms with Crippen molar-refractivity contribution in [3.8, 4) is 16.5 Å².